The molecule has 0 saturated heterocycles. The molecule has 0 fully saturated rings. The van der Waals surface area contributed by atoms with Gasteiger partial charge in [-0.15, -0.1) is 0 Å². The first-order valence-corrected chi connectivity index (χ1v) is 10.6. The summed E-state index contributed by atoms with van der Waals surface area (Å²) in [5, 5.41) is 0. The van der Waals surface area contributed by atoms with Crippen LogP contribution in [-0.2, 0) is 10.1 Å². The van der Waals surface area contributed by atoms with Crippen LogP contribution in [0.5, 0.6) is 11.5 Å². The summed E-state index contributed by atoms with van der Waals surface area (Å²) < 4.78 is 49.3. The van der Waals surface area contributed by atoms with Gasteiger partial charge in [0, 0.05) is 10.5 Å². The number of carbonyl (C=O) groups excluding carboxylic acids is 1. The molecule has 4 rings (SSSR count). The lowest BCUT2D eigenvalue weighted by Gasteiger charge is -2.08. The molecule has 5 nitrogen and oxygen atoms in total. The highest BCUT2D eigenvalue weighted by molar-refractivity contribution is 9.10. The lowest BCUT2D eigenvalue weighted by atomic mass is 10.1. The highest BCUT2D eigenvalue weighted by atomic mass is 79.9. The maximum Gasteiger partial charge on any atom is 0.339 e. The topological polar surface area (TPSA) is 69.7 Å². The van der Waals surface area contributed by atoms with Crippen molar-refractivity contribution in [2.75, 3.05) is 0 Å². The lowest BCUT2D eigenvalue weighted by molar-refractivity contribution is 0.101. The molecule has 29 heavy (non-hydrogen) atoms. The molecule has 1 heterocycles. The van der Waals surface area contributed by atoms with Gasteiger partial charge in [0.05, 0.1) is 5.56 Å². The molecule has 0 N–H and O–H groups in total. The van der Waals surface area contributed by atoms with Gasteiger partial charge in [0.1, 0.15) is 22.2 Å². The van der Waals surface area contributed by atoms with Crippen molar-refractivity contribution in [2.45, 2.75) is 4.90 Å². The third kappa shape index (κ3) is 4.08. The average Bonchev–Trinajstić information content (AvgIpc) is 2.98. The Kier molecular flexibility index (Phi) is 4.97. The number of allylic oxidation sites excluding steroid dienone is 1. The summed E-state index contributed by atoms with van der Waals surface area (Å²) in [6, 6.07) is 15.8. The molecule has 0 radical (unpaired) electrons. The largest absolute Gasteiger partial charge is 0.452 e. The number of ether oxygens (including phenoxy) is 1. The third-order valence-corrected chi connectivity index (χ3v) is 5.91. The smallest absolute Gasteiger partial charge is 0.339 e. The summed E-state index contributed by atoms with van der Waals surface area (Å²) in [4.78, 5) is 12.5. The molecule has 0 amide bonds. The Morgan fingerprint density at radius 1 is 0.966 bits per heavy atom. The van der Waals surface area contributed by atoms with Crippen molar-refractivity contribution in [2.24, 2.45) is 0 Å². The second kappa shape index (κ2) is 7.46. The Morgan fingerprint density at radius 2 is 1.66 bits per heavy atom. The Morgan fingerprint density at radius 3 is 2.34 bits per heavy atom. The fraction of sp³-hybridized carbons (Fsp3) is 0. The zero-order valence-electron chi connectivity index (χ0n) is 14.6. The van der Waals surface area contributed by atoms with E-state index in [1.165, 1.54) is 60.7 Å². The van der Waals surface area contributed by atoms with E-state index in [1.807, 2.05) is 0 Å². The van der Waals surface area contributed by atoms with Crippen molar-refractivity contribution in [3.05, 3.63) is 93.9 Å². The van der Waals surface area contributed by atoms with Crippen LogP contribution in [0.1, 0.15) is 15.9 Å². The number of hydrogen-bond donors (Lipinski definition) is 0. The molecule has 146 valence electrons. The summed E-state index contributed by atoms with van der Waals surface area (Å²) in [6.45, 7) is 0. The molecule has 0 aliphatic carbocycles. The predicted octanol–water partition coefficient (Wildman–Crippen LogP) is 4.97. The first-order valence-electron chi connectivity index (χ1n) is 8.36. The van der Waals surface area contributed by atoms with Crippen molar-refractivity contribution in [3.8, 4) is 11.5 Å². The monoisotopic (exact) mass is 474 g/mol. The fourth-order valence-electron chi connectivity index (χ4n) is 2.71. The van der Waals surface area contributed by atoms with E-state index in [0.717, 1.165) is 4.47 Å². The first kappa shape index (κ1) is 19.4. The third-order valence-electron chi connectivity index (χ3n) is 4.12. The van der Waals surface area contributed by atoms with E-state index in [4.69, 9.17) is 8.92 Å². The van der Waals surface area contributed by atoms with E-state index >= 15 is 0 Å². The van der Waals surface area contributed by atoms with Crippen molar-refractivity contribution in [3.63, 3.8) is 0 Å². The van der Waals surface area contributed by atoms with Crippen LogP contribution in [0, 0.1) is 5.82 Å². The fourth-order valence-corrected chi connectivity index (χ4v) is 3.89. The lowest BCUT2D eigenvalue weighted by Crippen LogP contribution is -2.09. The summed E-state index contributed by atoms with van der Waals surface area (Å²) in [5.41, 5.74) is 0.878. The molecule has 0 saturated carbocycles. The van der Waals surface area contributed by atoms with E-state index in [9.17, 15) is 17.6 Å². The van der Waals surface area contributed by atoms with Gasteiger partial charge in [-0.25, -0.2) is 4.39 Å². The van der Waals surface area contributed by atoms with Crippen molar-refractivity contribution in [1.29, 1.82) is 0 Å². The van der Waals surface area contributed by atoms with Gasteiger partial charge >= 0.3 is 10.1 Å². The normalized spacial score (nSPS) is 14.6. The molecule has 0 unspecified atom stereocenters. The van der Waals surface area contributed by atoms with Crippen LogP contribution in [0.25, 0.3) is 6.08 Å². The quantitative estimate of drug-likeness (QED) is 0.394. The number of carbonyl (C=O) groups is 1. The predicted molar refractivity (Wildman–Crippen MR) is 108 cm³/mol. The standard InChI is InChI=1S/C21H12BrFO5S/c22-14-3-8-17(9-4-14)29(25,26)28-16-7-10-18-19(12-16)27-20(21(18)24)11-13-1-5-15(23)6-2-13/h1-12H/b20-11-. The van der Waals surface area contributed by atoms with Gasteiger partial charge in [-0.3, -0.25) is 4.79 Å². The van der Waals surface area contributed by atoms with Gasteiger partial charge in [0.15, 0.2) is 5.76 Å². The summed E-state index contributed by atoms with van der Waals surface area (Å²) >= 11 is 3.24. The van der Waals surface area contributed by atoms with Gasteiger partial charge in [-0.2, -0.15) is 8.42 Å². The summed E-state index contributed by atoms with van der Waals surface area (Å²) in [5.74, 6) is -0.483. The number of fused-ring (bicyclic) bond motifs is 1. The van der Waals surface area contributed by atoms with Gasteiger partial charge in [0.25, 0.3) is 0 Å². The average molecular weight is 475 g/mol. The van der Waals surface area contributed by atoms with Crippen molar-refractivity contribution < 1.29 is 26.5 Å². The van der Waals surface area contributed by atoms with Crippen LogP contribution in [0.15, 0.2) is 81.9 Å². The molecular formula is C21H12BrFO5S. The molecule has 0 atom stereocenters. The van der Waals surface area contributed by atoms with E-state index in [2.05, 4.69) is 15.9 Å². The van der Waals surface area contributed by atoms with E-state index < -0.39 is 10.1 Å². The van der Waals surface area contributed by atoms with E-state index in [0.29, 0.717) is 5.56 Å². The van der Waals surface area contributed by atoms with Crippen molar-refractivity contribution in [1.82, 2.24) is 0 Å². The maximum atomic E-state index is 13.0. The zero-order chi connectivity index (χ0) is 20.6. The Labute approximate surface area is 174 Å². The Balaban J connectivity index is 1.59. The van der Waals surface area contributed by atoms with Gasteiger partial charge in [0.2, 0.25) is 5.78 Å². The molecule has 3 aromatic rings. The zero-order valence-corrected chi connectivity index (χ0v) is 17.0. The minimum absolute atomic E-state index is 0.00455. The molecule has 1 aliphatic heterocycles. The van der Waals surface area contributed by atoms with E-state index in [1.54, 1.807) is 12.1 Å². The van der Waals surface area contributed by atoms with Crippen LogP contribution in [0.2, 0.25) is 0 Å². The minimum Gasteiger partial charge on any atom is -0.452 e. The Hall–Kier alpha value is -2.97. The van der Waals surface area contributed by atoms with Gasteiger partial charge in [-0.1, -0.05) is 28.1 Å². The second-order valence-electron chi connectivity index (χ2n) is 6.14. The maximum absolute atomic E-state index is 13.0. The van der Waals surface area contributed by atoms with Gasteiger partial charge < -0.3 is 8.92 Å². The number of rotatable bonds is 4. The van der Waals surface area contributed by atoms with Crippen LogP contribution in [0.4, 0.5) is 4.39 Å². The highest BCUT2D eigenvalue weighted by Gasteiger charge is 2.28. The second-order valence-corrected chi connectivity index (χ2v) is 8.60. The van der Waals surface area contributed by atoms with Crippen LogP contribution >= 0.6 is 15.9 Å². The van der Waals surface area contributed by atoms with E-state index in [-0.39, 0.29) is 39.3 Å². The van der Waals surface area contributed by atoms with Gasteiger partial charge in [-0.05, 0) is 60.2 Å². The molecule has 8 heteroatoms. The molecule has 0 aromatic heterocycles. The molecule has 0 bridgehead atoms. The number of benzene rings is 3. The van der Waals surface area contributed by atoms with Crippen LogP contribution in [-0.4, -0.2) is 14.2 Å². The SMILES string of the molecule is O=C1/C(=C/c2ccc(F)cc2)Oc2cc(OS(=O)(=O)c3ccc(Br)cc3)ccc21. The number of ketones is 1. The number of halogens is 2. The number of hydrogen-bond acceptors (Lipinski definition) is 5. The molecule has 0 spiro atoms. The van der Waals surface area contributed by atoms with Crippen LogP contribution in [0.3, 0.4) is 0 Å². The molecule has 3 aromatic carbocycles. The summed E-state index contributed by atoms with van der Waals surface area (Å²) in [6.07, 6.45) is 1.49. The summed E-state index contributed by atoms with van der Waals surface area (Å²) in [7, 11) is -4.04. The van der Waals surface area contributed by atoms with Crippen LogP contribution < -0.4 is 8.92 Å². The highest BCUT2D eigenvalue weighted by Crippen LogP contribution is 2.35. The number of Topliss-reactive ketones (excluding diaryl/α,β-unsaturated/α-hetero) is 1. The Bertz CT molecular complexity index is 1230. The molecule has 1 aliphatic rings. The minimum atomic E-state index is -4.04. The first-order chi connectivity index (χ1) is 13.8. The molecular weight excluding hydrogens is 463 g/mol. The van der Waals surface area contributed by atoms with Crippen molar-refractivity contribution >= 4 is 37.9 Å².